The summed E-state index contributed by atoms with van der Waals surface area (Å²) in [6, 6.07) is 3.98. The van der Waals surface area contributed by atoms with Crippen LogP contribution in [0.15, 0.2) is 23.1 Å². The number of halogens is 1. The van der Waals surface area contributed by atoms with Gasteiger partial charge in [0.2, 0.25) is 5.91 Å². The number of methoxy groups -OCH3 is 1. The number of nitrogens with zero attached hydrogens (tertiary/aromatic N) is 1. The van der Waals surface area contributed by atoms with Gasteiger partial charge >= 0.3 is 0 Å². The van der Waals surface area contributed by atoms with E-state index < -0.39 is 0 Å². The number of alkyl halides is 1. The van der Waals surface area contributed by atoms with Crippen LogP contribution in [0.3, 0.4) is 0 Å². The number of hydrogen-bond acceptors (Lipinski definition) is 3. The van der Waals surface area contributed by atoms with E-state index in [2.05, 4.69) is 0 Å². The molecule has 100 valence electrons. The van der Waals surface area contributed by atoms with Gasteiger partial charge in [0.25, 0.3) is 0 Å². The third-order valence-corrected chi connectivity index (χ3v) is 3.54. The van der Waals surface area contributed by atoms with Crippen molar-refractivity contribution in [2.75, 3.05) is 26.1 Å². The molecule has 0 saturated carbocycles. The minimum absolute atomic E-state index is 0.0220. The number of thiophene rings is 1. The summed E-state index contributed by atoms with van der Waals surface area (Å²) in [7, 11) is 1.62. The Morgan fingerprint density at radius 3 is 2.67 bits per heavy atom. The Bertz CT molecular complexity index is 411. The molecule has 1 aromatic heterocycles. The van der Waals surface area contributed by atoms with E-state index in [4.69, 9.17) is 16.3 Å². The third kappa shape index (κ3) is 3.83. The summed E-state index contributed by atoms with van der Waals surface area (Å²) < 4.78 is 5.06. The van der Waals surface area contributed by atoms with Crippen LogP contribution in [0, 0.1) is 0 Å². The van der Waals surface area contributed by atoms with Gasteiger partial charge in [0.1, 0.15) is 5.88 Å². The SMILES string of the molecule is COCCN(C(=O)CCl)C(=C(C)C)c1cccs1. The van der Waals surface area contributed by atoms with Crippen molar-refractivity contribution in [3.05, 3.63) is 28.0 Å². The van der Waals surface area contributed by atoms with Gasteiger partial charge in [0.05, 0.1) is 17.2 Å². The Balaban J connectivity index is 3.07. The molecule has 18 heavy (non-hydrogen) atoms. The summed E-state index contributed by atoms with van der Waals surface area (Å²) in [5.74, 6) is -0.121. The Morgan fingerprint density at radius 2 is 2.22 bits per heavy atom. The molecule has 0 aromatic carbocycles. The van der Waals surface area contributed by atoms with Crippen LogP contribution in [0.25, 0.3) is 5.70 Å². The van der Waals surface area contributed by atoms with Crippen LogP contribution >= 0.6 is 22.9 Å². The first-order chi connectivity index (χ1) is 8.61. The van der Waals surface area contributed by atoms with Gasteiger partial charge in [0.15, 0.2) is 0 Å². The van der Waals surface area contributed by atoms with Crippen molar-refractivity contribution >= 4 is 34.5 Å². The third-order valence-electron chi connectivity index (χ3n) is 2.43. The zero-order chi connectivity index (χ0) is 13.5. The zero-order valence-corrected chi connectivity index (χ0v) is 12.5. The first-order valence-electron chi connectivity index (χ1n) is 5.68. The van der Waals surface area contributed by atoms with Gasteiger partial charge in [-0.3, -0.25) is 4.79 Å². The molecule has 0 fully saturated rings. The van der Waals surface area contributed by atoms with Crippen LogP contribution in [0.5, 0.6) is 0 Å². The fourth-order valence-electron chi connectivity index (χ4n) is 1.68. The van der Waals surface area contributed by atoms with Crippen molar-refractivity contribution < 1.29 is 9.53 Å². The van der Waals surface area contributed by atoms with Crippen molar-refractivity contribution in [3.63, 3.8) is 0 Å². The fourth-order valence-corrected chi connectivity index (χ4v) is 2.71. The molecule has 0 unspecified atom stereocenters. The summed E-state index contributed by atoms with van der Waals surface area (Å²) in [5, 5.41) is 2.00. The van der Waals surface area contributed by atoms with Crippen molar-refractivity contribution in [2.45, 2.75) is 13.8 Å². The molecular formula is C13H18ClNO2S. The lowest BCUT2D eigenvalue weighted by molar-refractivity contribution is -0.125. The lowest BCUT2D eigenvalue weighted by atomic mass is 10.2. The summed E-state index contributed by atoms with van der Waals surface area (Å²) in [6.45, 7) is 5.00. The number of carbonyl (C=O) groups is 1. The summed E-state index contributed by atoms with van der Waals surface area (Å²) in [6.07, 6.45) is 0. The monoisotopic (exact) mass is 287 g/mol. The van der Waals surface area contributed by atoms with Crippen LogP contribution in [0.4, 0.5) is 0 Å². The Morgan fingerprint density at radius 1 is 1.50 bits per heavy atom. The lowest BCUT2D eigenvalue weighted by Gasteiger charge is -2.25. The first kappa shape index (κ1) is 15.2. The van der Waals surface area contributed by atoms with Gasteiger partial charge in [-0.1, -0.05) is 11.6 Å². The molecule has 0 aliphatic carbocycles. The maximum absolute atomic E-state index is 12.0. The van der Waals surface area contributed by atoms with Crippen LogP contribution < -0.4 is 0 Å². The summed E-state index contributed by atoms with van der Waals surface area (Å²) in [5.41, 5.74) is 2.03. The average Bonchev–Trinajstić information content (AvgIpc) is 2.86. The summed E-state index contributed by atoms with van der Waals surface area (Å²) in [4.78, 5) is 14.7. The molecule has 0 spiro atoms. The maximum Gasteiger partial charge on any atom is 0.242 e. The topological polar surface area (TPSA) is 29.5 Å². The van der Waals surface area contributed by atoms with Crippen molar-refractivity contribution in [2.24, 2.45) is 0 Å². The second-order valence-electron chi connectivity index (χ2n) is 4.00. The van der Waals surface area contributed by atoms with Crippen molar-refractivity contribution in [1.82, 2.24) is 4.90 Å². The number of hydrogen-bond donors (Lipinski definition) is 0. The normalized spacial score (nSPS) is 10.2. The van der Waals surface area contributed by atoms with E-state index in [-0.39, 0.29) is 11.8 Å². The van der Waals surface area contributed by atoms with E-state index in [1.54, 1.807) is 23.3 Å². The molecular weight excluding hydrogens is 270 g/mol. The summed E-state index contributed by atoms with van der Waals surface area (Å²) >= 11 is 7.30. The van der Waals surface area contributed by atoms with Crippen molar-refractivity contribution in [3.8, 4) is 0 Å². The van der Waals surface area contributed by atoms with Gasteiger partial charge in [-0.15, -0.1) is 22.9 Å². The quantitative estimate of drug-likeness (QED) is 0.752. The standard InChI is InChI=1S/C13H18ClNO2S/c1-10(2)13(11-5-4-8-18-11)15(6-7-17-3)12(16)9-14/h4-5,8H,6-7,9H2,1-3H3. The number of allylic oxidation sites excluding steroid dienone is 1. The van der Waals surface area contributed by atoms with Crippen LogP contribution in [-0.4, -0.2) is 36.9 Å². The number of carbonyl (C=O) groups excluding carboxylic acids is 1. The predicted molar refractivity (Wildman–Crippen MR) is 76.9 cm³/mol. The fraction of sp³-hybridized carbons (Fsp3) is 0.462. The predicted octanol–water partition coefficient (Wildman–Crippen LogP) is 3.21. The second-order valence-corrected chi connectivity index (χ2v) is 5.21. The van der Waals surface area contributed by atoms with E-state index in [0.717, 1.165) is 16.1 Å². The van der Waals surface area contributed by atoms with E-state index >= 15 is 0 Å². The molecule has 0 bridgehead atoms. The molecule has 1 amide bonds. The van der Waals surface area contributed by atoms with Crippen LogP contribution in [-0.2, 0) is 9.53 Å². The number of ether oxygens (including phenoxy) is 1. The Hall–Kier alpha value is -0.840. The van der Waals surface area contributed by atoms with E-state index in [9.17, 15) is 4.79 Å². The number of amides is 1. The van der Waals surface area contributed by atoms with E-state index in [1.165, 1.54) is 0 Å². The molecule has 1 rings (SSSR count). The molecule has 3 nitrogen and oxygen atoms in total. The Kier molecular flexibility index (Phi) is 6.39. The van der Waals surface area contributed by atoms with Gasteiger partial charge in [-0.2, -0.15) is 0 Å². The molecule has 0 saturated heterocycles. The first-order valence-corrected chi connectivity index (χ1v) is 7.09. The molecule has 0 atom stereocenters. The molecule has 0 aliphatic rings. The molecule has 5 heteroatoms. The van der Waals surface area contributed by atoms with E-state index in [0.29, 0.717) is 13.2 Å². The molecule has 0 N–H and O–H groups in total. The smallest absolute Gasteiger partial charge is 0.242 e. The second kappa shape index (κ2) is 7.56. The van der Waals surface area contributed by atoms with Crippen LogP contribution in [0.1, 0.15) is 18.7 Å². The van der Waals surface area contributed by atoms with Gasteiger partial charge in [-0.25, -0.2) is 0 Å². The minimum atomic E-state index is -0.0988. The highest BCUT2D eigenvalue weighted by Crippen LogP contribution is 2.27. The highest BCUT2D eigenvalue weighted by atomic mass is 35.5. The van der Waals surface area contributed by atoms with Gasteiger partial charge in [-0.05, 0) is 25.3 Å². The lowest BCUT2D eigenvalue weighted by Crippen LogP contribution is -2.33. The Labute approximate surface area is 117 Å². The largest absolute Gasteiger partial charge is 0.383 e. The zero-order valence-electron chi connectivity index (χ0n) is 10.9. The van der Waals surface area contributed by atoms with Gasteiger partial charge < -0.3 is 9.64 Å². The molecule has 1 heterocycles. The molecule has 0 radical (unpaired) electrons. The van der Waals surface area contributed by atoms with E-state index in [1.807, 2.05) is 31.4 Å². The maximum atomic E-state index is 12.0. The number of rotatable bonds is 6. The average molecular weight is 288 g/mol. The molecule has 0 aliphatic heterocycles. The molecule has 1 aromatic rings. The minimum Gasteiger partial charge on any atom is -0.383 e. The highest BCUT2D eigenvalue weighted by molar-refractivity contribution is 7.11. The van der Waals surface area contributed by atoms with Crippen LogP contribution in [0.2, 0.25) is 0 Å². The van der Waals surface area contributed by atoms with Gasteiger partial charge in [0, 0.05) is 13.7 Å². The van der Waals surface area contributed by atoms with Crippen molar-refractivity contribution in [1.29, 1.82) is 0 Å². The highest BCUT2D eigenvalue weighted by Gasteiger charge is 2.20.